The van der Waals surface area contributed by atoms with Crippen LogP contribution in [0.3, 0.4) is 0 Å². The van der Waals surface area contributed by atoms with Crippen LogP contribution < -0.4 is 14.8 Å². The van der Waals surface area contributed by atoms with E-state index >= 15 is 0 Å². The molecule has 4 nitrogen and oxygen atoms in total. The molecule has 31 heavy (non-hydrogen) atoms. The van der Waals surface area contributed by atoms with Gasteiger partial charge in [0.25, 0.3) is 0 Å². The van der Waals surface area contributed by atoms with Crippen LogP contribution in [0.25, 0.3) is 5.69 Å². The molecule has 0 saturated carbocycles. The van der Waals surface area contributed by atoms with Gasteiger partial charge in [0.15, 0.2) is 11.5 Å². The zero-order valence-corrected chi connectivity index (χ0v) is 18.0. The molecule has 1 aromatic heterocycles. The van der Waals surface area contributed by atoms with E-state index in [1.54, 1.807) is 0 Å². The van der Waals surface area contributed by atoms with E-state index in [1.807, 2.05) is 44.3 Å². The molecule has 1 unspecified atom stereocenters. The fraction of sp³-hybridized carbons (Fsp3) is 0.304. The third-order valence-electron chi connectivity index (χ3n) is 5.15. The Morgan fingerprint density at radius 2 is 1.65 bits per heavy atom. The highest BCUT2D eigenvalue weighted by molar-refractivity contribution is 5.85. The predicted octanol–water partition coefficient (Wildman–Crippen LogP) is 5.91. The van der Waals surface area contributed by atoms with Crippen LogP contribution in [0.4, 0.5) is 13.2 Å². The van der Waals surface area contributed by atoms with Gasteiger partial charge in [-0.2, -0.15) is 13.2 Å². The van der Waals surface area contributed by atoms with Gasteiger partial charge in [-0.05, 0) is 55.3 Å². The van der Waals surface area contributed by atoms with Gasteiger partial charge in [-0.15, -0.1) is 12.4 Å². The number of ether oxygens (including phenoxy) is 2. The molecule has 0 spiro atoms. The highest BCUT2D eigenvalue weighted by Crippen LogP contribution is 2.38. The van der Waals surface area contributed by atoms with E-state index in [0.717, 1.165) is 34.6 Å². The maximum atomic E-state index is 13.0. The minimum atomic E-state index is -4.35. The maximum absolute atomic E-state index is 13.0. The van der Waals surface area contributed by atoms with Crippen LogP contribution in [-0.2, 0) is 12.7 Å². The van der Waals surface area contributed by atoms with Gasteiger partial charge >= 0.3 is 6.18 Å². The Kier molecular flexibility index (Phi) is 6.86. The molecule has 2 heterocycles. The molecular formula is C23H24ClF3N2O2. The first kappa shape index (κ1) is 23.0. The van der Waals surface area contributed by atoms with Crippen LogP contribution in [-0.4, -0.2) is 17.8 Å². The summed E-state index contributed by atoms with van der Waals surface area (Å²) in [5, 5.41) is 3.48. The lowest BCUT2D eigenvalue weighted by Crippen LogP contribution is -2.21. The Labute approximate surface area is 185 Å². The van der Waals surface area contributed by atoms with Crippen molar-refractivity contribution in [2.75, 3.05) is 13.2 Å². The average Bonchev–Trinajstić information content (AvgIpc) is 3.14. The van der Waals surface area contributed by atoms with Crippen molar-refractivity contribution in [3.8, 4) is 17.2 Å². The predicted molar refractivity (Wildman–Crippen MR) is 115 cm³/mol. The summed E-state index contributed by atoms with van der Waals surface area (Å²) >= 11 is 0. The molecule has 3 aromatic rings. The summed E-state index contributed by atoms with van der Waals surface area (Å²) in [4.78, 5) is 0. The number of alkyl halides is 3. The molecule has 0 bridgehead atoms. The van der Waals surface area contributed by atoms with E-state index < -0.39 is 11.7 Å². The van der Waals surface area contributed by atoms with Crippen molar-refractivity contribution >= 4 is 12.4 Å². The number of rotatable bonds is 5. The number of fused-ring (bicyclic) bond motifs is 3. The molecule has 1 N–H and O–H groups in total. The van der Waals surface area contributed by atoms with Gasteiger partial charge in [0, 0.05) is 24.5 Å². The second-order valence-corrected chi connectivity index (χ2v) is 7.03. The van der Waals surface area contributed by atoms with Gasteiger partial charge < -0.3 is 19.4 Å². The summed E-state index contributed by atoms with van der Waals surface area (Å²) < 4.78 is 52.4. The Morgan fingerprint density at radius 3 is 2.26 bits per heavy atom. The van der Waals surface area contributed by atoms with Crippen LogP contribution in [0, 0.1) is 0 Å². The van der Waals surface area contributed by atoms with E-state index in [0.29, 0.717) is 31.3 Å². The van der Waals surface area contributed by atoms with Crippen LogP contribution in [0.2, 0.25) is 0 Å². The Hall–Kier alpha value is -2.64. The second kappa shape index (κ2) is 9.24. The summed E-state index contributed by atoms with van der Waals surface area (Å²) in [5.41, 5.74) is 3.05. The van der Waals surface area contributed by atoms with Crippen LogP contribution in [0.1, 0.15) is 42.3 Å². The molecule has 1 aliphatic heterocycles. The van der Waals surface area contributed by atoms with Gasteiger partial charge in [-0.3, -0.25) is 0 Å². The Bertz CT molecular complexity index is 1030. The van der Waals surface area contributed by atoms with Crippen molar-refractivity contribution in [1.82, 2.24) is 9.88 Å². The number of benzene rings is 2. The molecule has 166 valence electrons. The van der Waals surface area contributed by atoms with Crippen LogP contribution in [0.5, 0.6) is 11.5 Å². The molecule has 0 fully saturated rings. The number of nitrogens with one attached hydrogen (secondary N) is 1. The standard InChI is InChI=1S/C23H23F3N2O2.ClH/c1-3-29-20-12-16-14-27-22(15-7-9-17(10-8-15)23(24,25)26)18-6-5-11-28(18)19(16)13-21(20)30-4-2;/h5-13,22,27H,3-4,14H2,1-2H3;1H. The molecule has 1 atom stereocenters. The summed E-state index contributed by atoms with van der Waals surface area (Å²) in [6, 6.07) is 12.9. The lowest BCUT2D eigenvalue weighted by molar-refractivity contribution is -0.137. The first-order valence-electron chi connectivity index (χ1n) is 9.93. The van der Waals surface area contributed by atoms with Crippen molar-refractivity contribution in [2.45, 2.75) is 32.6 Å². The monoisotopic (exact) mass is 452 g/mol. The molecule has 0 amide bonds. The average molecular weight is 453 g/mol. The molecule has 1 aliphatic rings. The summed E-state index contributed by atoms with van der Waals surface area (Å²) in [6.07, 6.45) is -2.40. The quantitative estimate of drug-likeness (QED) is 0.523. The Balaban J connectivity index is 0.00000272. The van der Waals surface area contributed by atoms with Gasteiger partial charge in [0.05, 0.1) is 30.5 Å². The molecule has 2 aromatic carbocycles. The van der Waals surface area contributed by atoms with E-state index in [9.17, 15) is 13.2 Å². The maximum Gasteiger partial charge on any atom is 0.416 e. The Morgan fingerprint density at radius 1 is 1.00 bits per heavy atom. The van der Waals surface area contributed by atoms with E-state index in [1.165, 1.54) is 12.1 Å². The van der Waals surface area contributed by atoms with Crippen molar-refractivity contribution < 1.29 is 22.6 Å². The highest BCUT2D eigenvalue weighted by Gasteiger charge is 2.31. The third-order valence-corrected chi connectivity index (χ3v) is 5.15. The smallest absolute Gasteiger partial charge is 0.416 e. The van der Waals surface area contributed by atoms with Crippen molar-refractivity contribution in [1.29, 1.82) is 0 Å². The first-order valence-corrected chi connectivity index (χ1v) is 9.93. The van der Waals surface area contributed by atoms with Crippen LogP contribution in [0.15, 0.2) is 54.7 Å². The fourth-order valence-corrected chi connectivity index (χ4v) is 3.81. The third kappa shape index (κ3) is 4.52. The summed E-state index contributed by atoms with van der Waals surface area (Å²) in [6.45, 7) is 5.42. The minimum absolute atomic E-state index is 0. The summed E-state index contributed by atoms with van der Waals surface area (Å²) in [7, 11) is 0. The number of nitrogens with zero attached hydrogens (tertiary/aromatic N) is 1. The minimum Gasteiger partial charge on any atom is -0.490 e. The molecule has 0 radical (unpaired) electrons. The zero-order chi connectivity index (χ0) is 21.3. The fourth-order valence-electron chi connectivity index (χ4n) is 3.81. The van der Waals surface area contributed by atoms with Gasteiger partial charge in [0.2, 0.25) is 0 Å². The number of hydrogen-bond donors (Lipinski definition) is 1. The van der Waals surface area contributed by atoms with E-state index in [-0.39, 0.29) is 18.4 Å². The molecule has 8 heteroatoms. The lowest BCUT2D eigenvalue weighted by Gasteiger charge is -2.19. The lowest BCUT2D eigenvalue weighted by atomic mass is 10.0. The van der Waals surface area contributed by atoms with Gasteiger partial charge in [-0.1, -0.05) is 12.1 Å². The normalized spacial score (nSPS) is 15.3. The van der Waals surface area contributed by atoms with Crippen molar-refractivity contribution in [2.24, 2.45) is 0 Å². The summed E-state index contributed by atoms with van der Waals surface area (Å²) in [5.74, 6) is 1.35. The van der Waals surface area contributed by atoms with Crippen LogP contribution >= 0.6 is 12.4 Å². The van der Waals surface area contributed by atoms with Crippen molar-refractivity contribution in [3.05, 3.63) is 77.1 Å². The molecule has 0 aliphatic carbocycles. The SMILES string of the molecule is CCOc1cc2c(cc1OCC)-n1cccc1C(c1ccc(C(F)(F)F)cc1)NC2.Cl. The number of halogens is 4. The largest absolute Gasteiger partial charge is 0.490 e. The topological polar surface area (TPSA) is 35.4 Å². The second-order valence-electron chi connectivity index (χ2n) is 7.03. The molecule has 0 saturated heterocycles. The van der Waals surface area contributed by atoms with E-state index in [2.05, 4.69) is 9.88 Å². The van der Waals surface area contributed by atoms with E-state index in [4.69, 9.17) is 9.47 Å². The van der Waals surface area contributed by atoms with Gasteiger partial charge in [0.1, 0.15) is 0 Å². The number of hydrogen-bond acceptors (Lipinski definition) is 3. The first-order chi connectivity index (χ1) is 14.4. The van der Waals surface area contributed by atoms with Gasteiger partial charge in [-0.25, -0.2) is 0 Å². The number of aromatic nitrogens is 1. The molecule has 4 rings (SSSR count). The zero-order valence-electron chi connectivity index (χ0n) is 17.2. The highest BCUT2D eigenvalue weighted by atomic mass is 35.5. The molecular weight excluding hydrogens is 429 g/mol. The van der Waals surface area contributed by atoms with Crippen molar-refractivity contribution in [3.63, 3.8) is 0 Å².